The molecule has 0 unspecified atom stereocenters. The second-order valence-electron chi connectivity index (χ2n) is 7.64. The van der Waals surface area contributed by atoms with Gasteiger partial charge < -0.3 is 4.90 Å². The quantitative estimate of drug-likeness (QED) is 0.393. The van der Waals surface area contributed by atoms with Crippen molar-refractivity contribution in [2.75, 3.05) is 0 Å². The Morgan fingerprint density at radius 2 is 1.73 bits per heavy atom. The van der Waals surface area contributed by atoms with Crippen molar-refractivity contribution in [2.24, 2.45) is 0 Å². The highest BCUT2D eigenvalue weighted by atomic mass is 19.4. The SMILES string of the molecule is Cc1ccccc1CN(Cc1cccnc1)C(=O)c1ccc(-n2ccc(C(F)(F)F)n2)cc1. The Morgan fingerprint density at radius 3 is 2.36 bits per heavy atom. The summed E-state index contributed by atoms with van der Waals surface area (Å²) in [6.45, 7) is 2.78. The van der Waals surface area contributed by atoms with Crippen molar-refractivity contribution in [3.05, 3.63) is 113 Å². The van der Waals surface area contributed by atoms with Gasteiger partial charge in [0.1, 0.15) is 0 Å². The molecule has 0 aliphatic heterocycles. The number of halogens is 3. The number of rotatable bonds is 6. The first-order chi connectivity index (χ1) is 15.8. The Bertz CT molecular complexity index is 1230. The maximum absolute atomic E-state index is 13.4. The summed E-state index contributed by atoms with van der Waals surface area (Å²) in [6, 6.07) is 18.9. The van der Waals surface area contributed by atoms with Crippen molar-refractivity contribution in [3.63, 3.8) is 0 Å². The van der Waals surface area contributed by atoms with Crippen LogP contribution in [0.1, 0.15) is 32.7 Å². The summed E-state index contributed by atoms with van der Waals surface area (Å²) in [5.41, 5.74) is 2.90. The van der Waals surface area contributed by atoms with E-state index in [0.29, 0.717) is 24.3 Å². The molecule has 0 saturated carbocycles. The molecular weight excluding hydrogens is 429 g/mol. The first-order valence-corrected chi connectivity index (χ1v) is 10.3. The van der Waals surface area contributed by atoms with Gasteiger partial charge in [0.25, 0.3) is 5.91 Å². The van der Waals surface area contributed by atoms with Gasteiger partial charge in [-0.2, -0.15) is 18.3 Å². The summed E-state index contributed by atoms with van der Waals surface area (Å²) >= 11 is 0. The minimum atomic E-state index is -4.51. The van der Waals surface area contributed by atoms with Crippen LogP contribution in [-0.4, -0.2) is 25.6 Å². The van der Waals surface area contributed by atoms with Crippen LogP contribution in [0.4, 0.5) is 13.2 Å². The first-order valence-electron chi connectivity index (χ1n) is 10.3. The number of amides is 1. The summed E-state index contributed by atoms with van der Waals surface area (Å²) in [6.07, 6.45) is 0.127. The standard InChI is InChI=1S/C25H21F3N4O/c1-18-5-2-3-7-21(18)17-31(16-19-6-4-13-29-15-19)24(33)20-8-10-22(11-9-20)32-14-12-23(30-32)25(26,27)28/h2-15H,16-17H2,1H3. The van der Waals surface area contributed by atoms with Gasteiger partial charge in [-0.25, -0.2) is 4.68 Å². The van der Waals surface area contributed by atoms with Gasteiger partial charge in [-0.1, -0.05) is 30.3 Å². The number of benzene rings is 2. The van der Waals surface area contributed by atoms with Crippen LogP contribution in [0.15, 0.2) is 85.3 Å². The summed E-state index contributed by atoms with van der Waals surface area (Å²) in [4.78, 5) is 19.2. The molecule has 33 heavy (non-hydrogen) atoms. The molecule has 4 aromatic rings. The normalized spacial score (nSPS) is 11.4. The third-order valence-corrected chi connectivity index (χ3v) is 5.26. The number of pyridine rings is 1. The number of aromatic nitrogens is 3. The Hall–Kier alpha value is -3.94. The Balaban J connectivity index is 1.58. The molecule has 8 heteroatoms. The lowest BCUT2D eigenvalue weighted by atomic mass is 10.1. The fourth-order valence-corrected chi connectivity index (χ4v) is 3.46. The molecule has 0 bridgehead atoms. The second-order valence-corrected chi connectivity index (χ2v) is 7.64. The molecule has 168 valence electrons. The summed E-state index contributed by atoms with van der Waals surface area (Å²) in [5, 5.41) is 3.57. The fourth-order valence-electron chi connectivity index (χ4n) is 3.46. The van der Waals surface area contributed by atoms with E-state index in [1.54, 1.807) is 41.6 Å². The van der Waals surface area contributed by atoms with Crippen molar-refractivity contribution in [1.82, 2.24) is 19.7 Å². The van der Waals surface area contributed by atoms with Gasteiger partial charge >= 0.3 is 6.18 Å². The van der Waals surface area contributed by atoms with E-state index >= 15 is 0 Å². The van der Waals surface area contributed by atoms with Crippen molar-refractivity contribution in [3.8, 4) is 5.69 Å². The topological polar surface area (TPSA) is 51.0 Å². The Morgan fingerprint density at radius 1 is 0.970 bits per heavy atom. The van der Waals surface area contributed by atoms with Crippen LogP contribution >= 0.6 is 0 Å². The molecule has 2 aromatic carbocycles. The van der Waals surface area contributed by atoms with Gasteiger partial charge in [0.05, 0.1) is 5.69 Å². The molecule has 0 atom stereocenters. The molecule has 0 spiro atoms. The maximum atomic E-state index is 13.4. The molecule has 5 nitrogen and oxygen atoms in total. The minimum Gasteiger partial charge on any atom is -0.330 e. The lowest BCUT2D eigenvalue weighted by Crippen LogP contribution is -2.30. The van der Waals surface area contributed by atoms with E-state index in [2.05, 4.69) is 10.1 Å². The number of carbonyl (C=O) groups is 1. The maximum Gasteiger partial charge on any atom is 0.435 e. The van der Waals surface area contributed by atoms with Crippen LogP contribution in [0.2, 0.25) is 0 Å². The van der Waals surface area contributed by atoms with Crippen LogP contribution in [0.25, 0.3) is 5.69 Å². The van der Waals surface area contributed by atoms with Gasteiger partial charge in [-0.3, -0.25) is 9.78 Å². The van der Waals surface area contributed by atoms with Crippen LogP contribution < -0.4 is 0 Å². The van der Waals surface area contributed by atoms with Crippen molar-refractivity contribution < 1.29 is 18.0 Å². The van der Waals surface area contributed by atoms with E-state index in [1.165, 1.54) is 6.20 Å². The third kappa shape index (κ3) is 5.28. The second kappa shape index (κ2) is 9.28. The predicted molar refractivity (Wildman–Crippen MR) is 118 cm³/mol. The molecule has 4 rings (SSSR count). The zero-order chi connectivity index (χ0) is 23.4. The Kier molecular flexibility index (Phi) is 6.26. The van der Waals surface area contributed by atoms with Gasteiger partial charge in [-0.05, 0) is 60.0 Å². The average molecular weight is 450 g/mol. The number of alkyl halides is 3. The lowest BCUT2D eigenvalue weighted by Gasteiger charge is -2.24. The number of aryl methyl sites for hydroxylation is 1. The molecule has 0 aliphatic carbocycles. The lowest BCUT2D eigenvalue weighted by molar-refractivity contribution is -0.141. The van der Waals surface area contributed by atoms with Gasteiger partial charge in [-0.15, -0.1) is 0 Å². The number of hydrogen-bond donors (Lipinski definition) is 0. The summed E-state index contributed by atoms with van der Waals surface area (Å²) in [5.74, 6) is -0.190. The third-order valence-electron chi connectivity index (χ3n) is 5.26. The summed E-state index contributed by atoms with van der Waals surface area (Å²) < 4.78 is 39.6. The van der Waals surface area contributed by atoms with E-state index in [9.17, 15) is 18.0 Å². The van der Waals surface area contributed by atoms with E-state index in [0.717, 1.165) is 27.4 Å². The number of carbonyl (C=O) groups excluding carboxylic acids is 1. The van der Waals surface area contributed by atoms with Crippen LogP contribution in [0, 0.1) is 6.92 Å². The predicted octanol–water partition coefficient (Wildman–Crippen LogP) is 5.44. The smallest absolute Gasteiger partial charge is 0.330 e. The van der Waals surface area contributed by atoms with Crippen LogP contribution in [0.3, 0.4) is 0 Å². The summed E-state index contributed by atoms with van der Waals surface area (Å²) in [7, 11) is 0. The van der Waals surface area contributed by atoms with E-state index in [1.807, 2.05) is 43.3 Å². The fraction of sp³-hybridized carbons (Fsp3) is 0.160. The molecule has 1 amide bonds. The molecule has 0 N–H and O–H groups in total. The van der Waals surface area contributed by atoms with E-state index < -0.39 is 11.9 Å². The molecule has 2 aromatic heterocycles. The highest BCUT2D eigenvalue weighted by molar-refractivity contribution is 5.94. The molecule has 0 radical (unpaired) electrons. The van der Waals surface area contributed by atoms with Crippen molar-refractivity contribution in [2.45, 2.75) is 26.2 Å². The molecular formula is C25H21F3N4O. The van der Waals surface area contributed by atoms with Gasteiger partial charge in [0, 0.05) is 37.2 Å². The van der Waals surface area contributed by atoms with Gasteiger partial charge in [0.2, 0.25) is 0 Å². The highest BCUT2D eigenvalue weighted by Crippen LogP contribution is 2.28. The minimum absolute atomic E-state index is 0.190. The first kappa shape index (κ1) is 22.3. The van der Waals surface area contributed by atoms with Gasteiger partial charge in [0.15, 0.2) is 5.69 Å². The Labute approximate surface area is 189 Å². The van der Waals surface area contributed by atoms with E-state index in [4.69, 9.17) is 0 Å². The molecule has 0 fully saturated rings. The largest absolute Gasteiger partial charge is 0.435 e. The molecule has 0 saturated heterocycles. The average Bonchev–Trinajstić information content (AvgIpc) is 3.31. The van der Waals surface area contributed by atoms with E-state index in [-0.39, 0.29) is 5.91 Å². The van der Waals surface area contributed by atoms with Crippen LogP contribution in [0.5, 0.6) is 0 Å². The van der Waals surface area contributed by atoms with Crippen molar-refractivity contribution in [1.29, 1.82) is 0 Å². The molecule has 0 aliphatic rings. The van der Waals surface area contributed by atoms with Crippen LogP contribution in [-0.2, 0) is 19.3 Å². The number of hydrogen-bond acceptors (Lipinski definition) is 3. The monoisotopic (exact) mass is 450 g/mol. The molecule has 2 heterocycles. The zero-order valence-electron chi connectivity index (χ0n) is 17.8. The highest BCUT2D eigenvalue weighted by Gasteiger charge is 2.33. The number of nitrogens with zero attached hydrogens (tertiary/aromatic N) is 4. The zero-order valence-corrected chi connectivity index (χ0v) is 17.8. The van der Waals surface area contributed by atoms with Crippen molar-refractivity contribution >= 4 is 5.91 Å².